The number of rotatable bonds is 4. The Kier molecular flexibility index (Phi) is 4.87. The van der Waals surface area contributed by atoms with Crippen LogP contribution in [0.4, 0.5) is 0 Å². The Morgan fingerprint density at radius 3 is 3.05 bits per heavy atom. The highest BCUT2D eigenvalue weighted by Gasteiger charge is 2.29. The number of hydrogen-bond acceptors (Lipinski definition) is 6. The minimum absolute atomic E-state index is 0.0181. The largest absolute Gasteiger partial charge is 0.466 e. The molecule has 21 heavy (non-hydrogen) atoms. The molecule has 0 spiro atoms. The summed E-state index contributed by atoms with van der Waals surface area (Å²) in [6.45, 7) is 3.12. The molecule has 0 aromatic carbocycles. The van der Waals surface area contributed by atoms with Gasteiger partial charge in [0.05, 0.1) is 12.5 Å². The summed E-state index contributed by atoms with van der Waals surface area (Å²) in [6.07, 6.45) is 2.86. The molecule has 1 saturated heterocycles. The number of nitriles is 1. The average Bonchev–Trinajstić information content (AvgIpc) is 2.95. The Morgan fingerprint density at radius 1 is 1.57 bits per heavy atom. The lowest BCUT2D eigenvalue weighted by molar-refractivity contribution is -0.151. The number of likely N-dealkylation sites (tertiary alicyclic amines) is 1. The van der Waals surface area contributed by atoms with Crippen molar-refractivity contribution < 1.29 is 14.3 Å². The Hall–Kier alpha value is -2.43. The second-order valence-corrected chi connectivity index (χ2v) is 4.81. The molecule has 0 unspecified atom stereocenters. The molecule has 1 fully saturated rings. The van der Waals surface area contributed by atoms with Crippen LogP contribution in [-0.2, 0) is 20.9 Å². The van der Waals surface area contributed by atoms with E-state index in [0.29, 0.717) is 19.7 Å². The molecule has 112 valence electrons. The first-order valence-electron chi connectivity index (χ1n) is 6.88. The van der Waals surface area contributed by atoms with Crippen molar-refractivity contribution in [3.63, 3.8) is 0 Å². The van der Waals surface area contributed by atoms with Gasteiger partial charge in [0.2, 0.25) is 5.91 Å². The van der Waals surface area contributed by atoms with Crippen LogP contribution >= 0.6 is 0 Å². The first-order valence-corrected chi connectivity index (χ1v) is 6.88. The van der Waals surface area contributed by atoms with Crippen molar-refractivity contribution in [3.8, 4) is 6.07 Å². The second kappa shape index (κ2) is 6.83. The number of nitrogens with zero attached hydrogens (tertiary/aromatic N) is 5. The van der Waals surface area contributed by atoms with E-state index in [-0.39, 0.29) is 30.2 Å². The van der Waals surface area contributed by atoms with Gasteiger partial charge in [-0.15, -0.1) is 5.10 Å². The van der Waals surface area contributed by atoms with Crippen LogP contribution in [0.5, 0.6) is 0 Å². The van der Waals surface area contributed by atoms with Crippen LogP contribution in [-0.4, -0.2) is 51.2 Å². The van der Waals surface area contributed by atoms with Gasteiger partial charge in [-0.25, -0.2) is 9.67 Å². The molecule has 1 aliphatic heterocycles. The Bertz CT molecular complexity index is 562. The molecule has 2 rings (SSSR count). The predicted octanol–water partition coefficient (Wildman–Crippen LogP) is -0.0485. The summed E-state index contributed by atoms with van der Waals surface area (Å²) in [5.41, 5.74) is 0. The maximum Gasteiger partial charge on any atom is 0.310 e. The highest BCUT2D eigenvalue weighted by molar-refractivity contribution is 5.78. The molecule has 1 aliphatic rings. The molecule has 0 bridgehead atoms. The number of hydrogen-bond donors (Lipinski definition) is 0. The SMILES string of the molecule is CCOC(=O)[C@H]1CCCN(C(=O)Cn2cnc(C#N)n2)C1. The molecular formula is C13H17N5O3. The predicted molar refractivity (Wildman–Crippen MR) is 70.7 cm³/mol. The Balaban J connectivity index is 1.92. The van der Waals surface area contributed by atoms with E-state index >= 15 is 0 Å². The van der Waals surface area contributed by atoms with Crippen LogP contribution in [0.15, 0.2) is 6.33 Å². The van der Waals surface area contributed by atoms with E-state index in [1.807, 2.05) is 6.07 Å². The monoisotopic (exact) mass is 291 g/mol. The molecule has 8 heteroatoms. The van der Waals surface area contributed by atoms with Crippen molar-refractivity contribution in [2.24, 2.45) is 5.92 Å². The van der Waals surface area contributed by atoms with Crippen molar-refractivity contribution >= 4 is 11.9 Å². The molecule has 0 N–H and O–H groups in total. The summed E-state index contributed by atoms with van der Waals surface area (Å²) < 4.78 is 6.33. The Labute approximate surface area is 122 Å². The summed E-state index contributed by atoms with van der Waals surface area (Å²) in [5.74, 6) is -0.611. The normalized spacial score (nSPS) is 18.1. The van der Waals surface area contributed by atoms with E-state index in [2.05, 4.69) is 10.1 Å². The van der Waals surface area contributed by atoms with E-state index < -0.39 is 0 Å². The highest BCUT2D eigenvalue weighted by atomic mass is 16.5. The van der Waals surface area contributed by atoms with Crippen molar-refractivity contribution in [1.29, 1.82) is 5.26 Å². The number of carbonyl (C=O) groups is 2. The fourth-order valence-corrected chi connectivity index (χ4v) is 2.32. The summed E-state index contributed by atoms with van der Waals surface area (Å²) in [5, 5.41) is 12.5. The van der Waals surface area contributed by atoms with Gasteiger partial charge < -0.3 is 9.64 Å². The van der Waals surface area contributed by atoms with Gasteiger partial charge in [-0.3, -0.25) is 9.59 Å². The fraction of sp³-hybridized carbons (Fsp3) is 0.615. The van der Waals surface area contributed by atoms with Gasteiger partial charge in [0.15, 0.2) is 0 Å². The van der Waals surface area contributed by atoms with Gasteiger partial charge >= 0.3 is 5.97 Å². The lowest BCUT2D eigenvalue weighted by atomic mass is 9.98. The number of aromatic nitrogens is 3. The van der Waals surface area contributed by atoms with Crippen LogP contribution < -0.4 is 0 Å². The summed E-state index contributed by atoms with van der Waals surface area (Å²) in [6, 6.07) is 1.81. The highest BCUT2D eigenvalue weighted by Crippen LogP contribution is 2.18. The summed E-state index contributed by atoms with van der Waals surface area (Å²) in [7, 11) is 0. The van der Waals surface area contributed by atoms with Gasteiger partial charge in [0.25, 0.3) is 5.82 Å². The van der Waals surface area contributed by atoms with Gasteiger partial charge in [0, 0.05) is 13.1 Å². The lowest BCUT2D eigenvalue weighted by Crippen LogP contribution is -2.44. The smallest absolute Gasteiger partial charge is 0.310 e. The second-order valence-electron chi connectivity index (χ2n) is 4.81. The third-order valence-corrected chi connectivity index (χ3v) is 3.33. The molecule has 1 atom stereocenters. The van der Waals surface area contributed by atoms with Crippen molar-refractivity contribution in [2.45, 2.75) is 26.3 Å². The summed E-state index contributed by atoms with van der Waals surface area (Å²) in [4.78, 5) is 29.3. The third kappa shape index (κ3) is 3.78. The van der Waals surface area contributed by atoms with Gasteiger partial charge in [-0.2, -0.15) is 5.26 Å². The third-order valence-electron chi connectivity index (χ3n) is 3.33. The van der Waals surface area contributed by atoms with E-state index in [0.717, 1.165) is 12.8 Å². The van der Waals surface area contributed by atoms with Gasteiger partial charge in [0.1, 0.15) is 18.9 Å². The topological polar surface area (TPSA) is 101 Å². The number of esters is 1. The first kappa shape index (κ1) is 15.0. The minimum atomic E-state index is -0.256. The summed E-state index contributed by atoms with van der Waals surface area (Å²) >= 11 is 0. The van der Waals surface area contributed by atoms with Gasteiger partial charge in [-0.1, -0.05) is 0 Å². The zero-order valence-corrected chi connectivity index (χ0v) is 11.9. The number of piperidine rings is 1. The molecule has 0 aliphatic carbocycles. The van der Waals surface area contributed by atoms with Crippen LogP contribution in [0, 0.1) is 17.2 Å². The van der Waals surface area contributed by atoms with E-state index in [1.165, 1.54) is 11.0 Å². The molecular weight excluding hydrogens is 274 g/mol. The van der Waals surface area contributed by atoms with Crippen molar-refractivity contribution in [2.75, 3.05) is 19.7 Å². The van der Waals surface area contributed by atoms with Gasteiger partial charge in [-0.05, 0) is 19.8 Å². The van der Waals surface area contributed by atoms with Crippen molar-refractivity contribution in [3.05, 3.63) is 12.2 Å². The van der Waals surface area contributed by atoms with E-state index in [1.54, 1.807) is 11.8 Å². The molecule has 8 nitrogen and oxygen atoms in total. The maximum absolute atomic E-state index is 12.2. The molecule has 1 aromatic rings. The van der Waals surface area contributed by atoms with Crippen LogP contribution in [0.25, 0.3) is 0 Å². The molecule has 2 heterocycles. The maximum atomic E-state index is 12.2. The lowest BCUT2D eigenvalue weighted by Gasteiger charge is -2.31. The zero-order valence-electron chi connectivity index (χ0n) is 11.9. The molecule has 0 saturated carbocycles. The fourth-order valence-electron chi connectivity index (χ4n) is 2.32. The molecule has 1 amide bonds. The van der Waals surface area contributed by atoms with E-state index in [4.69, 9.17) is 10.00 Å². The van der Waals surface area contributed by atoms with Crippen LogP contribution in [0.1, 0.15) is 25.6 Å². The minimum Gasteiger partial charge on any atom is -0.466 e. The van der Waals surface area contributed by atoms with Crippen LogP contribution in [0.2, 0.25) is 0 Å². The molecule has 1 aromatic heterocycles. The zero-order chi connectivity index (χ0) is 15.2. The number of amides is 1. The Morgan fingerprint density at radius 2 is 2.38 bits per heavy atom. The molecule has 0 radical (unpaired) electrons. The first-order chi connectivity index (χ1) is 10.1. The number of ether oxygens (including phenoxy) is 1. The number of carbonyl (C=O) groups excluding carboxylic acids is 2. The average molecular weight is 291 g/mol. The van der Waals surface area contributed by atoms with Crippen LogP contribution in [0.3, 0.4) is 0 Å². The quantitative estimate of drug-likeness (QED) is 0.721. The van der Waals surface area contributed by atoms with Crippen molar-refractivity contribution in [1.82, 2.24) is 19.7 Å². The van der Waals surface area contributed by atoms with E-state index in [9.17, 15) is 9.59 Å². The standard InChI is InChI=1S/C13H17N5O3/c1-2-21-13(20)10-4-3-5-17(7-10)12(19)8-18-9-15-11(6-14)16-18/h9-10H,2-5,7-8H2,1H3/t10-/m0/s1.